The van der Waals surface area contributed by atoms with Gasteiger partial charge in [-0.3, -0.25) is 4.79 Å². The van der Waals surface area contributed by atoms with E-state index in [1.54, 1.807) is 0 Å². The second-order valence-corrected chi connectivity index (χ2v) is 4.81. The van der Waals surface area contributed by atoms with E-state index in [4.69, 9.17) is 11.6 Å². The van der Waals surface area contributed by atoms with Crippen LogP contribution in [0.25, 0.3) is 0 Å². The average Bonchev–Trinajstić information content (AvgIpc) is 2.72. The molecule has 1 N–H and O–H groups in total. The molecule has 2 nitrogen and oxygen atoms in total. The maximum absolute atomic E-state index is 13.4. The molecule has 0 saturated heterocycles. The molecule has 2 atom stereocenters. The third-order valence-corrected chi connectivity index (χ3v) is 3.55. The summed E-state index contributed by atoms with van der Waals surface area (Å²) in [6, 6.07) is 1.38. The number of nitrogens with one attached hydrogen (secondary N) is 1. The second kappa shape index (κ2) is 5.18. The number of hydrogen-bond donors (Lipinski definition) is 1. The highest BCUT2D eigenvalue weighted by molar-refractivity contribution is 6.21. The smallest absolute Gasteiger partial charge is 0.254 e. The van der Waals surface area contributed by atoms with E-state index in [-0.39, 0.29) is 11.4 Å². The fraction of sp³-hybridized carbons (Fsp3) is 0.417. The van der Waals surface area contributed by atoms with Crippen molar-refractivity contribution in [1.82, 2.24) is 5.32 Å². The van der Waals surface area contributed by atoms with Gasteiger partial charge in [-0.1, -0.05) is 0 Å². The molecular weight excluding hydrogens is 267 g/mol. The normalized spacial score (nSPS) is 23.1. The molecule has 0 aromatic heterocycles. The Hall–Kier alpha value is -1.23. The van der Waals surface area contributed by atoms with E-state index >= 15 is 0 Å². The first-order chi connectivity index (χ1) is 8.50. The lowest BCUT2D eigenvalue weighted by molar-refractivity contribution is 0.0933. The standard InChI is InChI=1S/C12H11ClF3NO/c13-7-2-1-3-9(7)17-12(18)6-4-5-8(14)11(16)10(6)15/h4-5,7,9H,1-3H2,(H,17,18). The Balaban J connectivity index is 2.16. The lowest BCUT2D eigenvalue weighted by Crippen LogP contribution is -2.38. The molecule has 1 saturated carbocycles. The van der Waals surface area contributed by atoms with Crippen LogP contribution in [0.2, 0.25) is 0 Å². The van der Waals surface area contributed by atoms with Crippen molar-refractivity contribution in [1.29, 1.82) is 0 Å². The number of carbonyl (C=O) groups is 1. The number of alkyl halides is 1. The van der Waals surface area contributed by atoms with Crippen molar-refractivity contribution < 1.29 is 18.0 Å². The van der Waals surface area contributed by atoms with Crippen LogP contribution in [0, 0.1) is 17.5 Å². The summed E-state index contributed by atoms with van der Waals surface area (Å²) >= 11 is 5.96. The van der Waals surface area contributed by atoms with Gasteiger partial charge in [0.2, 0.25) is 0 Å². The Morgan fingerprint density at radius 3 is 2.56 bits per heavy atom. The van der Waals surface area contributed by atoms with Crippen LogP contribution in [-0.4, -0.2) is 17.3 Å². The zero-order valence-corrected chi connectivity index (χ0v) is 10.1. The van der Waals surface area contributed by atoms with Gasteiger partial charge < -0.3 is 5.32 Å². The quantitative estimate of drug-likeness (QED) is 0.653. The van der Waals surface area contributed by atoms with Crippen LogP contribution in [0.15, 0.2) is 12.1 Å². The van der Waals surface area contributed by atoms with Crippen molar-refractivity contribution in [3.05, 3.63) is 35.1 Å². The molecule has 1 aromatic carbocycles. The van der Waals surface area contributed by atoms with Gasteiger partial charge >= 0.3 is 0 Å². The minimum absolute atomic E-state index is 0.206. The molecule has 1 amide bonds. The third-order valence-electron chi connectivity index (χ3n) is 3.03. The number of halogens is 4. The molecule has 0 bridgehead atoms. The second-order valence-electron chi connectivity index (χ2n) is 4.25. The Labute approximate surface area is 107 Å². The van der Waals surface area contributed by atoms with Crippen molar-refractivity contribution in [2.75, 3.05) is 0 Å². The number of amides is 1. The summed E-state index contributed by atoms with van der Waals surface area (Å²) in [6.45, 7) is 0. The molecule has 2 rings (SSSR count). The van der Waals surface area contributed by atoms with Crippen molar-refractivity contribution in [2.24, 2.45) is 0 Å². The summed E-state index contributed by atoms with van der Waals surface area (Å²) < 4.78 is 39.1. The fourth-order valence-electron chi connectivity index (χ4n) is 2.02. The summed E-state index contributed by atoms with van der Waals surface area (Å²) in [5, 5.41) is 2.33. The molecule has 2 unspecified atom stereocenters. The van der Waals surface area contributed by atoms with Crippen molar-refractivity contribution in [2.45, 2.75) is 30.7 Å². The summed E-state index contributed by atoms with van der Waals surface area (Å²) in [4.78, 5) is 11.7. The van der Waals surface area contributed by atoms with E-state index in [1.807, 2.05) is 0 Å². The molecular formula is C12H11ClF3NO. The van der Waals surface area contributed by atoms with E-state index in [0.717, 1.165) is 25.0 Å². The van der Waals surface area contributed by atoms with Crippen molar-refractivity contribution in [3.8, 4) is 0 Å². The first kappa shape index (κ1) is 13.2. The molecule has 98 valence electrons. The average molecular weight is 278 g/mol. The molecule has 18 heavy (non-hydrogen) atoms. The highest BCUT2D eigenvalue weighted by Gasteiger charge is 2.28. The number of carbonyl (C=O) groups excluding carboxylic acids is 1. The van der Waals surface area contributed by atoms with Crippen LogP contribution in [-0.2, 0) is 0 Å². The molecule has 0 aliphatic heterocycles. The Morgan fingerprint density at radius 1 is 1.22 bits per heavy atom. The Kier molecular flexibility index (Phi) is 3.80. The minimum Gasteiger partial charge on any atom is -0.348 e. The fourth-order valence-corrected chi connectivity index (χ4v) is 2.37. The van der Waals surface area contributed by atoms with Gasteiger partial charge in [0.25, 0.3) is 5.91 Å². The maximum Gasteiger partial charge on any atom is 0.254 e. The van der Waals surface area contributed by atoms with Crippen LogP contribution in [0.3, 0.4) is 0 Å². The summed E-state index contributed by atoms with van der Waals surface area (Å²) in [7, 11) is 0. The van der Waals surface area contributed by atoms with E-state index in [2.05, 4.69) is 5.32 Å². The van der Waals surface area contributed by atoms with Crippen LogP contribution in [0.5, 0.6) is 0 Å². The SMILES string of the molecule is O=C(NC1CCCC1Cl)c1ccc(F)c(F)c1F. The lowest BCUT2D eigenvalue weighted by Gasteiger charge is -2.16. The van der Waals surface area contributed by atoms with Gasteiger partial charge in [0.1, 0.15) is 0 Å². The van der Waals surface area contributed by atoms with E-state index < -0.39 is 28.9 Å². The topological polar surface area (TPSA) is 29.1 Å². The summed E-state index contributed by atoms with van der Waals surface area (Å²) in [6.07, 6.45) is 2.34. The summed E-state index contributed by atoms with van der Waals surface area (Å²) in [5.41, 5.74) is -0.510. The number of rotatable bonds is 2. The van der Waals surface area contributed by atoms with Gasteiger partial charge in [0.05, 0.1) is 10.9 Å². The highest BCUT2D eigenvalue weighted by atomic mass is 35.5. The predicted octanol–water partition coefficient (Wildman–Crippen LogP) is 2.99. The molecule has 1 aromatic rings. The summed E-state index contributed by atoms with van der Waals surface area (Å²) in [5.74, 6) is -5.21. The van der Waals surface area contributed by atoms with Gasteiger partial charge in [0, 0.05) is 6.04 Å². The predicted molar refractivity (Wildman–Crippen MR) is 61.1 cm³/mol. The molecule has 0 spiro atoms. The van der Waals surface area contributed by atoms with Crippen molar-refractivity contribution >= 4 is 17.5 Å². The van der Waals surface area contributed by atoms with Crippen LogP contribution in [0.4, 0.5) is 13.2 Å². The molecule has 1 aliphatic rings. The van der Waals surface area contributed by atoms with E-state index in [1.165, 1.54) is 0 Å². The molecule has 6 heteroatoms. The monoisotopic (exact) mass is 277 g/mol. The third kappa shape index (κ3) is 2.46. The zero-order chi connectivity index (χ0) is 13.3. The van der Waals surface area contributed by atoms with E-state index in [0.29, 0.717) is 6.42 Å². The largest absolute Gasteiger partial charge is 0.348 e. The molecule has 0 heterocycles. The van der Waals surface area contributed by atoms with Crippen molar-refractivity contribution in [3.63, 3.8) is 0 Å². The maximum atomic E-state index is 13.4. The zero-order valence-electron chi connectivity index (χ0n) is 9.35. The van der Waals surface area contributed by atoms with Gasteiger partial charge in [-0.25, -0.2) is 13.2 Å². The molecule has 1 fully saturated rings. The first-order valence-corrected chi connectivity index (χ1v) is 6.02. The highest BCUT2D eigenvalue weighted by Crippen LogP contribution is 2.24. The van der Waals surface area contributed by atoms with Crippen LogP contribution < -0.4 is 5.32 Å². The Bertz CT molecular complexity index is 481. The van der Waals surface area contributed by atoms with Gasteiger partial charge in [-0.2, -0.15) is 0 Å². The minimum atomic E-state index is -1.64. The van der Waals surface area contributed by atoms with Crippen LogP contribution >= 0.6 is 11.6 Å². The Morgan fingerprint density at radius 2 is 1.94 bits per heavy atom. The molecule has 1 aliphatic carbocycles. The van der Waals surface area contributed by atoms with Crippen LogP contribution in [0.1, 0.15) is 29.6 Å². The van der Waals surface area contributed by atoms with Gasteiger partial charge in [-0.05, 0) is 31.4 Å². The number of hydrogen-bond acceptors (Lipinski definition) is 1. The van der Waals surface area contributed by atoms with Gasteiger partial charge in [0.15, 0.2) is 17.5 Å². The van der Waals surface area contributed by atoms with E-state index in [9.17, 15) is 18.0 Å². The number of benzene rings is 1. The van der Waals surface area contributed by atoms with Gasteiger partial charge in [-0.15, -0.1) is 11.6 Å². The first-order valence-electron chi connectivity index (χ1n) is 5.59. The molecule has 0 radical (unpaired) electrons. The lowest BCUT2D eigenvalue weighted by atomic mass is 10.1.